The van der Waals surface area contributed by atoms with Crippen LogP contribution < -0.4 is 5.32 Å². The lowest BCUT2D eigenvalue weighted by Crippen LogP contribution is -2.29. The van der Waals surface area contributed by atoms with Crippen molar-refractivity contribution in [2.24, 2.45) is 11.3 Å². The van der Waals surface area contributed by atoms with Gasteiger partial charge in [-0.15, -0.1) is 0 Å². The molecule has 0 spiro atoms. The van der Waals surface area contributed by atoms with Crippen LogP contribution >= 0.6 is 0 Å². The van der Waals surface area contributed by atoms with Crippen LogP contribution in [0, 0.1) is 11.3 Å². The van der Waals surface area contributed by atoms with Crippen LogP contribution in [0.15, 0.2) is 48.1 Å². The summed E-state index contributed by atoms with van der Waals surface area (Å²) in [6.07, 6.45) is 7.79. The summed E-state index contributed by atoms with van der Waals surface area (Å²) in [6.45, 7) is 3.95. The third-order valence-corrected chi connectivity index (χ3v) is 4.53. The summed E-state index contributed by atoms with van der Waals surface area (Å²) in [6, 6.07) is 3.45. The topological polar surface area (TPSA) is 62.3 Å². The Morgan fingerprint density at radius 2 is 2.23 bits per heavy atom. The first-order valence-corrected chi connectivity index (χ1v) is 7.32. The number of nitrogens with one attached hydrogen (secondary N) is 1. The molecular weight excluding hydrogens is 278 g/mol. The lowest BCUT2D eigenvalue weighted by Gasteiger charge is -2.25. The third-order valence-electron chi connectivity index (χ3n) is 4.53. The molecule has 0 bridgehead atoms. The van der Waals surface area contributed by atoms with Crippen molar-refractivity contribution in [3.05, 3.63) is 53.6 Å². The van der Waals surface area contributed by atoms with E-state index in [-0.39, 0.29) is 17.7 Å². The maximum Gasteiger partial charge on any atom is 0.257 e. The molecule has 0 saturated carbocycles. The van der Waals surface area contributed by atoms with Gasteiger partial charge in [0.05, 0.1) is 11.0 Å². The van der Waals surface area contributed by atoms with E-state index in [1.54, 1.807) is 30.3 Å². The maximum absolute atomic E-state index is 12.3. The highest BCUT2D eigenvalue weighted by molar-refractivity contribution is 5.95. The van der Waals surface area contributed by atoms with Gasteiger partial charge in [-0.2, -0.15) is 0 Å². The second kappa shape index (κ2) is 5.09. The van der Waals surface area contributed by atoms with Crippen molar-refractivity contribution >= 4 is 11.8 Å². The van der Waals surface area contributed by atoms with E-state index in [9.17, 15) is 9.59 Å². The molecular formula is C17H19N3O2. The van der Waals surface area contributed by atoms with Crippen LogP contribution in [-0.4, -0.2) is 28.7 Å². The van der Waals surface area contributed by atoms with Gasteiger partial charge in [0.25, 0.3) is 5.91 Å². The molecule has 1 atom stereocenters. The summed E-state index contributed by atoms with van der Waals surface area (Å²) in [5.74, 6) is 0.0990. The second-order valence-corrected chi connectivity index (χ2v) is 6.30. The maximum atomic E-state index is 12.3. The van der Waals surface area contributed by atoms with Gasteiger partial charge in [-0.05, 0) is 24.6 Å². The number of aromatic nitrogens is 1. The van der Waals surface area contributed by atoms with Gasteiger partial charge in [0, 0.05) is 36.8 Å². The fourth-order valence-corrected chi connectivity index (χ4v) is 3.17. The number of carbonyl (C=O) groups is 2. The summed E-state index contributed by atoms with van der Waals surface area (Å²) in [4.78, 5) is 30.1. The van der Waals surface area contributed by atoms with Crippen molar-refractivity contribution in [3.8, 4) is 0 Å². The Morgan fingerprint density at radius 3 is 2.91 bits per heavy atom. The Labute approximate surface area is 129 Å². The molecule has 1 saturated heterocycles. The lowest BCUT2D eigenvalue weighted by molar-refractivity contribution is -0.133. The highest BCUT2D eigenvalue weighted by Gasteiger charge is 2.49. The smallest absolute Gasteiger partial charge is 0.257 e. The first-order chi connectivity index (χ1) is 10.4. The lowest BCUT2D eigenvalue weighted by atomic mass is 9.76. The van der Waals surface area contributed by atoms with Gasteiger partial charge in [-0.1, -0.05) is 19.9 Å². The van der Waals surface area contributed by atoms with Crippen LogP contribution in [0.2, 0.25) is 0 Å². The number of amides is 2. The molecule has 1 aromatic heterocycles. The number of pyridine rings is 1. The largest absolute Gasteiger partial charge is 0.322 e. The van der Waals surface area contributed by atoms with Gasteiger partial charge in [0.15, 0.2) is 0 Å². The van der Waals surface area contributed by atoms with Crippen molar-refractivity contribution in [3.63, 3.8) is 0 Å². The monoisotopic (exact) mass is 297 g/mol. The predicted molar refractivity (Wildman–Crippen MR) is 82.5 cm³/mol. The highest BCUT2D eigenvalue weighted by Crippen LogP contribution is 2.46. The molecule has 1 aliphatic carbocycles. The number of nitrogens with zero attached hydrogens (tertiary/aromatic N) is 2. The van der Waals surface area contributed by atoms with E-state index in [2.05, 4.69) is 10.3 Å². The van der Waals surface area contributed by atoms with Gasteiger partial charge in [0.1, 0.15) is 0 Å². The molecule has 1 N–H and O–H groups in total. The fraction of sp³-hybridized carbons (Fsp3) is 0.353. The molecule has 5 heteroatoms. The number of hydrogen-bond acceptors (Lipinski definition) is 3. The zero-order valence-corrected chi connectivity index (χ0v) is 13.0. The minimum Gasteiger partial charge on any atom is -0.322 e. The molecule has 1 aromatic rings. The van der Waals surface area contributed by atoms with Gasteiger partial charge in [-0.25, -0.2) is 0 Å². The summed E-state index contributed by atoms with van der Waals surface area (Å²) < 4.78 is 0. The quantitative estimate of drug-likeness (QED) is 0.909. The summed E-state index contributed by atoms with van der Waals surface area (Å²) in [5, 5.41) is 2.88. The molecule has 1 unspecified atom stereocenters. The van der Waals surface area contributed by atoms with Crippen molar-refractivity contribution in [1.29, 1.82) is 0 Å². The van der Waals surface area contributed by atoms with E-state index in [4.69, 9.17) is 0 Å². The summed E-state index contributed by atoms with van der Waals surface area (Å²) in [5.41, 5.74) is 1.83. The van der Waals surface area contributed by atoms with Gasteiger partial charge in [0.2, 0.25) is 5.91 Å². The molecule has 22 heavy (non-hydrogen) atoms. The van der Waals surface area contributed by atoms with E-state index in [0.29, 0.717) is 5.56 Å². The molecule has 5 nitrogen and oxygen atoms in total. The molecule has 114 valence electrons. The van der Waals surface area contributed by atoms with Crippen molar-refractivity contribution in [2.75, 3.05) is 7.05 Å². The molecule has 2 aliphatic rings. The Balaban J connectivity index is 1.80. The van der Waals surface area contributed by atoms with E-state index in [1.165, 1.54) is 6.20 Å². The zero-order chi connectivity index (χ0) is 15.9. The molecule has 2 amide bonds. The van der Waals surface area contributed by atoms with Gasteiger partial charge in [-0.3, -0.25) is 14.6 Å². The summed E-state index contributed by atoms with van der Waals surface area (Å²) in [7, 11) is 1.79. The van der Waals surface area contributed by atoms with E-state index >= 15 is 0 Å². The van der Waals surface area contributed by atoms with Crippen LogP contribution in [0.25, 0.3) is 0 Å². The first kappa shape index (κ1) is 14.5. The first-order valence-electron chi connectivity index (χ1n) is 7.32. The number of fused-ring (bicyclic) bond motifs is 1. The van der Waals surface area contributed by atoms with Crippen molar-refractivity contribution in [1.82, 2.24) is 15.2 Å². The van der Waals surface area contributed by atoms with Crippen LogP contribution in [0.4, 0.5) is 0 Å². The zero-order valence-electron chi connectivity index (χ0n) is 13.0. The Hall–Kier alpha value is -2.43. The van der Waals surface area contributed by atoms with Crippen molar-refractivity contribution < 1.29 is 9.59 Å². The van der Waals surface area contributed by atoms with Crippen LogP contribution in [0.3, 0.4) is 0 Å². The Bertz CT molecular complexity index is 689. The standard InChI is InChI=1S/C17H19N3O2/c1-17(2)13-7-6-12(9-14(13)20(3)16(17)22)19-15(21)11-5-4-8-18-10-11/h4-6,8-10,13H,7H2,1-3H3,(H,19,21). The second-order valence-electron chi connectivity index (χ2n) is 6.30. The van der Waals surface area contributed by atoms with Crippen molar-refractivity contribution in [2.45, 2.75) is 20.3 Å². The highest BCUT2D eigenvalue weighted by atomic mass is 16.2. The van der Waals surface area contributed by atoms with E-state index < -0.39 is 5.41 Å². The van der Waals surface area contributed by atoms with E-state index in [0.717, 1.165) is 17.8 Å². The Morgan fingerprint density at radius 1 is 1.45 bits per heavy atom. The predicted octanol–water partition coefficient (Wildman–Crippen LogP) is 2.10. The molecule has 1 fully saturated rings. The van der Waals surface area contributed by atoms with Crippen LogP contribution in [0.5, 0.6) is 0 Å². The molecule has 1 aliphatic heterocycles. The number of rotatable bonds is 2. The SMILES string of the molecule is CN1C(=O)C(C)(C)C2CC=C(NC(=O)c3cccnc3)C=C21. The fourth-order valence-electron chi connectivity index (χ4n) is 3.17. The molecule has 3 rings (SSSR count). The average molecular weight is 297 g/mol. The number of hydrogen-bond donors (Lipinski definition) is 1. The average Bonchev–Trinajstić information content (AvgIpc) is 2.69. The minimum absolute atomic E-state index is 0.122. The minimum atomic E-state index is -0.393. The molecule has 2 heterocycles. The van der Waals surface area contributed by atoms with Gasteiger partial charge < -0.3 is 10.2 Å². The number of carbonyl (C=O) groups excluding carboxylic acids is 2. The van der Waals surface area contributed by atoms with Gasteiger partial charge >= 0.3 is 0 Å². The summed E-state index contributed by atoms with van der Waals surface area (Å²) >= 11 is 0. The normalized spacial score (nSPS) is 22.8. The molecule has 0 aromatic carbocycles. The van der Waals surface area contributed by atoms with E-state index in [1.807, 2.05) is 26.0 Å². The molecule has 0 radical (unpaired) electrons. The van der Waals surface area contributed by atoms with Crippen LogP contribution in [0.1, 0.15) is 30.6 Å². The third kappa shape index (κ3) is 2.22. The number of allylic oxidation sites excluding steroid dienone is 3. The Kier molecular flexibility index (Phi) is 3.35. The number of likely N-dealkylation sites (tertiary alicyclic amines) is 1. The van der Waals surface area contributed by atoms with Crippen LogP contribution in [-0.2, 0) is 4.79 Å².